The lowest BCUT2D eigenvalue weighted by Gasteiger charge is -2.36. The minimum absolute atomic E-state index is 0.0301. The van der Waals surface area contributed by atoms with Crippen LogP contribution in [0.15, 0.2) is 36.4 Å². The monoisotopic (exact) mass is 730 g/mol. The number of halogens is 1. The number of anilines is 1. The maximum Gasteiger partial charge on any atom is 0.281 e. The third-order valence-electron chi connectivity index (χ3n) is 9.17. The summed E-state index contributed by atoms with van der Waals surface area (Å²) in [6.45, 7) is 1.52. The molecule has 1 aromatic heterocycles. The molecule has 1 saturated heterocycles. The minimum Gasteiger partial charge on any atom is -0.493 e. The van der Waals surface area contributed by atoms with Crippen LogP contribution in [-0.4, -0.2) is 120 Å². The Labute approximate surface area is 298 Å². The van der Waals surface area contributed by atoms with E-state index in [1.165, 1.54) is 73.2 Å². The Bertz CT molecular complexity index is 1810. The fourth-order valence-electron chi connectivity index (χ4n) is 6.47. The number of hydrogen-bond donors (Lipinski definition) is 1. The number of methoxy groups -OCH3 is 3. The lowest BCUT2D eigenvalue weighted by atomic mass is 9.97. The maximum atomic E-state index is 13.8. The van der Waals surface area contributed by atoms with Crippen molar-refractivity contribution >= 4 is 38.7 Å². The first-order valence-electron chi connectivity index (χ1n) is 16.9. The molecule has 2 aliphatic rings. The number of piperidine rings is 1. The van der Waals surface area contributed by atoms with Gasteiger partial charge in [-0.15, -0.1) is 0 Å². The van der Waals surface area contributed by atoms with Gasteiger partial charge >= 0.3 is 0 Å². The number of amides is 2. The van der Waals surface area contributed by atoms with Gasteiger partial charge in [0.15, 0.2) is 18.1 Å². The molecule has 0 spiro atoms. The van der Waals surface area contributed by atoms with Crippen LogP contribution in [0.3, 0.4) is 0 Å². The number of carbonyl (C=O) groups is 2. The second-order valence-corrected chi connectivity index (χ2v) is 15.0. The summed E-state index contributed by atoms with van der Waals surface area (Å²) in [7, 11) is 3.67. The van der Waals surface area contributed by atoms with E-state index >= 15 is 0 Å². The first-order valence-corrected chi connectivity index (χ1v) is 18.3. The molecule has 2 aliphatic heterocycles. The number of nitrogens with one attached hydrogen (secondary N) is 1. The summed E-state index contributed by atoms with van der Waals surface area (Å²) in [5.74, 6) is 1.19. The van der Waals surface area contributed by atoms with Gasteiger partial charge in [-0.1, -0.05) is 0 Å². The molecule has 2 amide bonds. The Morgan fingerprint density at radius 3 is 2.39 bits per heavy atom. The molecule has 2 aromatic carbocycles. The Balaban J connectivity index is 1.50. The van der Waals surface area contributed by atoms with Gasteiger partial charge in [-0.05, 0) is 61.9 Å². The first-order chi connectivity index (χ1) is 24.4. The number of nitrogens with zero attached hydrogens (tertiary/aromatic N) is 5. The summed E-state index contributed by atoms with van der Waals surface area (Å²) < 4.78 is 66.1. The van der Waals surface area contributed by atoms with Crippen LogP contribution in [0.4, 0.5) is 10.2 Å². The van der Waals surface area contributed by atoms with Gasteiger partial charge in [-0.25, -0.2) is 9.37 Å². The van der Waals surface area contributed by atoms with Gasteiger partial charge < -0.3 is 34.1 Å². The summed E-state index contributed by atoms with van der Waals surface area (Å²) in [6, 6.07) is 9.02. The molecule has 14 nitrogen and oxygen atoms in total. The number of carbonyl (C=O) groups excluding carboxylic acids is 2. The highest BCUT2D eigenvalue weighted by Gasteiger charge is 2.31. The maximum absolute atomic E-state index is 13.8. The van der Waals surface area contributed by atoms with E-state index in [1.807, 2.05) is 6.07 Å². The van der Waals surface area contributed by atoms with Crippen molar-refractivity contribution in [1.82, 2.24) is 23.8 Å². The topological polar surface area (TPSA) is 143 Å². The van der Waals surface area contributed by atoms with Crippen LogP contribution in [-0.2, 0) is 26.3 Å². The van der Waals surface area contributed by atoms with E-state index in [9.17, 15) is 22.4 Å². The van der Waals surface area contributed by atoms with Crippen LogP contribution < -0.4 is 29.2 Å². The van der Waals surface area contributed by atoms with Gasteiger partial charge in [-0.2, -0.15) is 17.0 Å². The van der Waals surface area contributed by atoms with Gasteiger partial charge in [0, 0.05) is 70.4 Å². The van der Waals surface area contributed by atoms with E-state index in [0.29, 0.717) is 77.8 Å². The van der Waals surface area contributed by atoms with E-state index in [0.717, 1.165) is 12.8 Å². The quantitative estimate of drug-likeness (QED) is 0.368. The van der Waals surface area contributed by atoms with E-state index in [4.69, 9.17) is 23.9 Å². The Hall–Kier alpha value is -4.41. The number of benzene rings is 2. The molecular formula is C35H47FN6O8S. The predicted octanol–water partition coefficient (Wildman–Crippen LogP) is 3.04. The van der Waals surface area contributed by atoms with Crippen molar-refractivity contribution in [3.63, 3.8) is 0 Å². The zero-order valence-corrected chi connectivity index (χ0v) is 30.6. The van der Waals surface area contributed by atoms with Crippen molar-refractivity contribution in [3.05, 3.63) is 47.8 Å². The zero-order valence-electron chi connectivity index (χ0n) is 29.8. The number of pyridine rings is 1. The number of hydrogen-bond acceptors (Lipinski definition) is 10. The highest BCUT2D eigenvalue weighted by Crippen LogP contribution is 2.44. The van der Waals surface area contributed by atoms with Crippen LogP contribution in [0.1, 0.15) is 31.2 Å². The van der Waals surface area contributed by atoms with E-state index < -0.39 is 21.9 Å². The average molecular weight is 731 g/mol. The fourth-order valence-corrected chi connectivity index (χ4v) is 7.59. The Morgan fingerprint density at radius 1 is 0.980 bits per heavy atom. The SMILES string of the molecule is COc1cc2nc3c(cc2c(OC)c1OC)CN(S(=O)(=O)N(C)C)CCCCN(C(=O)COc1ccc(F)cc1)CC(=O)NCC1CCCN3C1. The molecule has 3 aromatic rings. The van der Waals surface area contributed by atoms with E-state index in [-0.39, 0.29) is 44.6 Å². The molecular weight excluding hydrogens is 683 g/mol. The lowest BCUT2D eigenvalue weighted by molar-refractivity contribution is -0.137. The van der Waals surface area contributed by atoms with Crippen molar-refractivity contribution in [1.29, 1.82) is 0 Å². The van der Waals surface area contributed by atoms with Crippen LogP contribution in [0.2, 0.25) is 0 Å². The summed E-state index contributed by atoms with van der Waals surface area (Å²) in [5.41, 5.74) is 1.29. The van der Waals surface area contributed by atoms with Gasteiger partial charge in [0.1, 0.15) is 17.4 Å². The predicted molar refractivity (Wildman–Crippen MR) is 190 cm³/mol. The summed E-state index contributed by atoms with van der Waals surface area (Å²) in [4.78, 5) is 35.1. The van der Waals surface area contributed by atoms with Crippen LogP contribution in [0.25, 0.3) is 10.9 Å². The van der Waals surface area contributed by atoms with Crippen molar-refractivity contribution in [2.75, 3.05) is 86.2 Å². The molecule has 3 heterocycles. The van der Waals surface area contributed by atoms with Gasteiger partial charge in [0.25, 0.3) is 16.1 Å². The van der Waals surface area contributed by atoms with Gasteiger partial charge in [-0.3, -0.25) is 9.59 Å². The first kappa shape index (κ1) is 37.8. The third-order valence-corrected chi connectivity index (χ3v) is 11.1. The number of fused-ring (bicyclic) bond motifs is 5. The molecule has 1 fully saturated rings. The minimum atomic E-state index is -3.90. The van der Waals surface area contributed by atoms with Crippen LogP contribution in [0.5, 0.6) is 23.0 Å². The summed E-state index contributed by atoms with van der Waals surface area (Å²) >= 11 is 0. The highest BCUT2D eigenvalue weighted by molar-refractivity contribution is 7.86. The third kappa shape index (κ3) is 8.91. The molecule has 278 valence electrons. The van der Waals surface area contributed by atoms with E-state index in [1.54, 1.807) is 6.07 Å². The number of ether oxygens (including phenoxy) is 4. The molecule has 0 aliphatic carbocycles. The smallest absolute Gasteiger partial charge is 0.281 e. The van der Waals surface area contributed by atoms with Crippen molar-refractivity contribution < 1.29 is 41.3 Å². The molecule has 51 heavy (non-hydrogen) atoms. The Kier molecular flexibility index (Phi) is 12.4. The van der Waals surface area contributed by atoms with Gasteiger partial charge in [0.05, 0.1) is 33.4 Å². The highest BCUT2D eigenvalue weighted by atomic mass is 32.2. The second-order valence-electron chi connectivity index (χ2n) is 12.8. The standard InChI is InChI=1S/C35H47FN6O8S/c1-39(2)51(45,46)42-16-7-6-14-40(32(44)23-50-27-12-10-26(36)11-13-27)22-31(43)37-19-24-9-8-15-41(20-24)35-25(21-42)17-28-29(38-35)18-30(47-3)34(49-5)33(28)48-4/h10-13,17-18,24H,6-9,14-16,19-23H2,1-5H3,(H,37,43). The molecule has 1 atom stereocenters. The summed E-state index contributed by atoms with van der Waals surface area (Å²) in [5, 5.41) is 3.66. The van der Waals surface area contributed by atoms with Crippen LogP contribution in [0, 0.1) is 11.7 Å². The largest absolute Gasteiger partial charge is 0.493 e. The molecule has 0 radical (unpaired) electrons. The van der Waals surface area contributed by atoms with E-state index in [2.05, 4.69) is 10.2 Å². The lowest BCUT2D eigenvalue weighted by Crippen LogP contribution is -2.47. The Morgan fingerprint density at radius 2 is 1.71 bits per heavy atom. The van der Waals surface area contributed by atoms with Crippen molar-refractivity contribution in [3.8, 4) is 23.0 Å². The van der Waals surface area contributed by atoms with Crippen molar-refractivity contribution in [2.24, 2.45) is 5.92 Å². The van der Waals surface area contributed by atoms with Crippen molar-refractivity contribution in [2.45, 2.75) is 32.2 Å². The van der Waals surface area contributed by atoms with Gasteiger partial charge in [0.2, 0.25) is 11.7 Å². The fraction of sp³-hybridized carbons (Fsp3) is 0.514. The number of aromatic nitrogens is 1. The zero-order chi connectivity index (χ0) is 36.7. The molecule has 5 rings (SSSR count). The second kappa shape index (κ2) is 16.7. The molecule has 16 heteroatoms. The van der Waals surface area contributed by atoms with Crippen LogP contribution >= 0.6 is 0 Å². The molecule has 1 unspecified atom stereocenters. The summed E-state index contributed by atoms with van der Waals surface area (Å²) in [6.07, 6.45) is 2.51. The normalized spacial score (nSPS) is 18.3. The number of rotatable bonds is 8. The molecule has 1 N–H and O–H groups in total. The molecule has 2 bridgehead atoms. The average Bonchev–Trinajstić information content (AvgIpc) is 3.12. The molecule has 0 saturated carbocycles.